The monoisotopic (exact) mass is 343 g/mol. The third-order valence-electron chi connectivity index (χ3n) is 4.87. The quantitative estimate of drug-likeness (QED) is 0.838. The number of aryl methyl sites for hydroxylation is 2. The molecule has 1 fully saturated rings. The number of nitrogens with zero attached hydrogens (tertiary/aromatic N) is 3. The number of rotatable bonds is 2. The van der Waals surface area contributed by atoms with Crippen molar-refractivity contribution in [2.45, 2.75) is 49.2 Å². The second-order valence-electron chi connectivity index (χ2n) is 6.70. The number of thioether (sulfide) groups is 1. The Labute approximate surface area is 145 Å². The molecule has 0 bridgehead atoms. The molecule has 24 heavy (non-hydrogen) atoms. The van der Waals surface area contributed by atoms with E-state index in [-0.39, 0.29) is 17.1 Å². The Morgan fingerprint density at radius 3 is 2.79 bits per heavy atom. The number of hydrogen-bond donors (Lipinski definition) is 0. The number of amides is 1. The average molecular weight is 343 g/mol. The van der Waals surface area contributed by atoms with Crippen LogP contribution in [0.5, 0.6) is 0 Å². The normalized spacial score (nSPS) is 21.1. The van der Waals surface area contributed by atoms with Crippen LogP contribution in [0.25, 0.3) is 0 Å². The number of aromatic nitrogens is 2. The molecule has 3 heterocycles. The van der Waals surface area contributed by atoms with Gasteiger partial charge in [0.25, 0.3) is 0 Å². The number of hydrogen-bond acceptors (Lipinski definition) is 5. The second-order valence-corrected chi connectivity index (χ2v) is 7.95. The van der Waals surface area contributed by atoms with Gasteiger partial charge in [0.2, 0.25) is 11.8 Å². The van der Waals surface area contributed by atoms with Gasteiger partial charge in [0, 0.05) is 23.9 Å². The smallest absolute Gasteiger partial charge is 0.236 e. The Bertz CT molecular complexity index is 765. The van der Waals surface area contributed by atoms with E-state index in [1.807, 2.05) is 11.8 Å². The van der Waals surface area contributed by atoms with Gasteiger partial charge in [-0.2, -0.15) is 4.98 Å². The Balaban J connectivity index is 1.37. The highest BCUT2D eigenvalue weighted by Gasteiger charge is 2.34. The van der Waals surface area contributed by atoms with Crippen molar-refractivity contribution in [3.63, 3.8) is 0 Å². The Morgan fingerprint density at radius 2 is 2.08 bits per heavy atom. The van der Waals surface area contributed by atoms with E-state index in [0.717, 1.165) is 38.2 Å². The van der Waals surface area contributed by atoms with Crippen molar-refractivity contribution in [1.29, 1.82) is 0 Å². The molecule has 2 aromatic rings. The van der Waals surface area contributed by atoms with Crippen LogP contribution >= 0.6 is 11.8 Å². The lowest BCUT2D eigenvalue weighted by Crippen LogP contribution is -2.42. The first-order chi connectivity index (χ1) is 11.6. The molecule has 0 aliphatic carbocycles. The first-order valence-corrected chi connectivity index (χ1v) is 9.33. The van der Waals surface area contributed by atoms with E-state index in [1.54, 1.807) is 11.8 Å². The Kier molecular flexibility index (Phi) is 4.08. The van der Waals surface area contributed by atoms with Gasteiger partial charge in [-0.15, -0.1) is 11.8 Å². The zero-order valence-electron chi connectivity index (χ0n) is 14.0. The number of fused-ring (bicyclic) bond motifs is 1. The number of piperidine rings is 1. The largest absolute Gasteiger partial charge is 0.342 e. The average Bonchev–Trinajstić information content (AvgIpc) is 3.20. The SMILES string of the molecule is Cc1ccc2c(c1)SC(C(=O)N1CCC(c3nc(C)no3)CC1)C2. The van der Waals surface area contributed by atoms with Gasteiger partial charge < -0.3 is 9.42 Å². The van der Waals surface area contributed by atoms with Crippen molar-refractivity contribution < 1.29 is 9.32 Å². The molecule has 1 atom stereocenters. The molecule has 1 amide bonds. The standard InChI is InChI=1S/C18H21N3O2S/c1-11-3-4-14-10-16(24-15(14)9-11)18(22)21-7-5-13(6-8-21)17-19-12(2)20-23-17/h3-4,9,13,16H,5-8,10H2,1-2H3. The molecule has 1 aromatic heterocycles. The van der Waals surface area contributed by atoms with Crippen LogP contribution < -0.4 is 0 Å². The molecule has 1 unspecified atom stereocenters. The molecule has 0 saturated carbocycles. The third kappa shape index (κ3) is 2.95. The molecule has 6 heteroatoms. The van der Waals surface area contributed by atoms with Crippen molar-refractivity contribution in [2.75, 3.05) is 13.1 Å². The fraction of sp³-hybridized carbons (Fsp3) is 0.500. The summed E-state index contributed by atoms with van der Waals surface area (Å²) in [6.45, 7) is 5.48. The van der Waals surface area contributed by atoms with Crippen LogP contribution in [0.3, 0.4) is 0 Å². The molecular weight excluding hydrogens is 322 g/mol. The van der Waals surface area contributed by atoms with Crippen molar-refractivity contribution in [1.82, 2.24) is 15.0 Å². The van der Waals surface area contributed by atoms with Crippen LogP contribution in [0.1, 0.15) is 41.6 Å². The topological polar surface area (TPSA) is 59.2 Å². The van der Waals surface area contributed by atoms with E-state index in [1.165, 1.54) is 16.0 Å². The maximum Gasteiger partial charge on any atom is 0.236 e. The summed E-state index contributed by atoms with van der Waals surface area (Å²) in [6, 6.07) is 6.48. The van der Waals surface area contributed by atoms with E-state index >= 15 is 0 Å². The van der Waals surface area contributed by atoms with Crippen molar-refractivity contribution in [3.05, 3.63) is 41.0 Å². The van der Waals surface area contributed by atoms with Crippen molar-refractivity contribution in [2.24, 2.45) is 0 Å². The molecule has 0 spiro atoms. The number of carbonyl (C=O) groups is 1. The predicted molar refractivity (Wildman–Crippen MR) is 92.1 cm³/mol. The zero-order valence-corrected chi connectivity index (χ0v) is 14.8. The fourth-order valence-electron chi connectivity index (χ4n) is 3.50. The molecule has 5 nitrogen and oxygen atoms in total. The summed E-state index contributed by atoms with van der Waals surface area (Å²) in [7, 11) is 0. The lowest BCUT2D eigenvalue weighted by Gasteiger charge is -2.32. The van der Waals surface area contributed by atoms with Crippen LogP contribution in [-0.4, -0.2) is 39.3 Å². The van der Waals surface area contributed by atoms with Crippen LogP contribution in [-0.2, 0) is 11.2 Å². The van der Waals surface area contributed by atoms with E-state index in [2.05, 4.69) is 35.3 Å². The summed E-state index contributed by atoms with van der Waals surface area (Å²) in [4.78, 5) is 20.5. The van der Waals surface area contributed by atoms with Gasteiger partial charge in [-0.25, -0.2) is 0 Å². The van der Waals surface area contributed by atoms with E-state index in [4.69, 9.17) is 4.52 Å². The maximum atomic E-state index is 12.9. The summed E-state index contributed by atoms with van der Waals surface area (Å²) >= 11 is 1.72. The molecule has 0 radical (unpaired) electrons. The second kappa shape index (κ2) is 6.24. The molecule has 2 aliphatic rings. The minimum absolute atomic E-state index is 0.0315. The number of likely N-dealkylation sites (tertiary alicyclic amines) is 1. The highest BCUT2D eigenvalue weighted by molar-refractivity contribution is 8.01. The van der Waals surface area contributed by atoms with E-state index < -0.39 is 0 Å². The van der Waals surface area contributed by atoms with Gasteiger partial charge in [-0.3, -0.25) is 4.79 Å². The fourth-order valence-corrected chi connectivity index (χ4v) is 4.88. The summed E-state index contributed by atoms with van der Waals surface area (Å²) in [5.74, 6) is 1.96. The van der Waals surface area contributed by atoms with Gasteiger partial charge in [-0.05, 0) is 44.7 Å². The third-order valence-corrected chi connectivity index (χ3v) is 6.16. The van der Waals surface area contributed by atoms with Crippen LogP contribution in [0.4, 0.5) is 0 Å². The Hall–Kier alpha value is -1.82. The minimum Gasteiger partial charge on any atom is -0.342 e. The highest BCUT2D eigenvalue weighted by Crippen LogP contribution is 2.39. The number of benzene rings is 1. The van der Waals surface area contributed by atoms with Crippen molar-refractivity contribution in [3.8, 4) is 0 Å². The first kappa shape index (κ1) is 15.7. The molecule has 126 valence electrons. The van der Waals surface area contributed by atoms with Gasteiger partial charge in [-0.1, -0.05) is 22.9 Å². The maximum absolute atomic E-state index is 12.9. The lowest BCUT2D eigenvalue weighted by molar-refractivity contribution is -0.131. The predicted octanol–water partition coefficient (Wildman–Crippen LogP) is 3.11. The molecular formula is C18H21N3O2S. The van der Waals surface area contributed by atoms with Crippen LogP contribution in [0.2, 0.25) is 0 Å². The van der Waals surface area contributed by atoms with E-state index in [9.17, 15) is 4.79 Å². The van der Waals surface area contributed by atoms with Gasteiger partial charge in [0.05, 0.1) is 5.25 Å². The van der Waals surface area contributed by atoms with Gasteiger partial charge in [0.15, 0.2) is 5.82 Å². The first-order valence-electron chi connectivity index (χ1n) is 8.45. The van der Waals surface area contributed by atoms with E-state index in [0.29, 0.717) is 5.82 Å². The highest BCUT2D eigenvalue weighted by atomic mass is 32.2. The zero-order chi connectivity index (χ0) is 16.7. The molecule has 4 rings (SSSR count). The lowest BCUT2D eigenvalue weighted by atomic mass is 9.96. The summed E-state index contributed by atoms with van der Waals surface area (Å²) in [5, 5.41) is 3.90. The van der Waals surface area contributed by atoms with Gasteiger partial charge >= 0.3 is 0 Å². The summed E-state index contributed by atoms with van der Waals surface area (Å²) < 4.78 is 5.28. The van der Waals surface area contributed by atoms with Crippen LogP contribution in [0.15, 0.2) is 27.6 Å². The molecule has 1 aromatic carbocycles. The summed E-state index contributed by atoms with van der Waals surface area (Å²) in [6.07, 6.45) is 2.65. The Morgan fingerprint density at radius 1 is 1.29 bits per heavy atom. The molecule has 0 N–H and O–H groups in total. The van der Waals surface area contributed by atoms with Crippen LogP contribution in [0, 0.1) is 13.8 Å². The molecule has 1 saturated heterocycles. The summed E-state index contributed by atoms with van der Waals surface area (Å²) in [5.41, 5.74) is 2.56. The van der Waals surface area contributed by atoms with Crippen molar-refractivity contribution >= 4 is 17.7 Å². The molecule has 2 aliphatic heterocycles. The number of carbonyl (C=O) groups excluding carboxylic acids is 1. The van der Waals surface area contributed by atoms with Gasteiger partial charge in [0.1, 0.15) is 0 Å². The minimum atomic E-state index is 0.0315.